The average molecular weight is 375 g/mol. The largest absolute Gasteiger partial charge is 0.355 e. The molecule has 0 fully saturated rings. The lowest BCUT2D eigenvalue weighted by atomic mass is 9.95. The molecule has 28 heavy (non-hydrogen) atoms. The zero-order valence-corrected chi connectivity index (χ0v) is 16.5. The number of fused-ring (bicyclic) bond motifs is 2. The van der Waals surface area contributed by atoms with Crippen LogP contribution in [0.1, 0.15) is 46.6 Å². The fraction of sp³-hybridized carbons (Fsp3) is 0.304. The third-order valence-corrected chi connectivity index (χ3v) is 5.67. The third-order valence-electron chi connectivity index (χ3n) is 5.67. The number of carbonyl (C=O) groups is 2. The molecule has 1 aliphatic rings. The maximum atomic E-state index is 13.2. The molecule has 2 amide bonds. The molecule has 0 bridgehead atoms. The van der Waals surface area contributed by atoms with Crippen molar-refractivity contribution in [2.24, 2.45) is 7.05 Å². The Bertz CT molecular complexity index is 1070. The number of para-hydroxylation sites is 1. The Kier molecular flexibility index (Phi) is 4.67. The number of nitrogens with zero attached hydrogens (tertiary/aromatic N) is 2. The molecule has 0 saturated carbocycles. The molecule has 2 heterocycles. The van der Waals surface area contributed by atoms with E-state index >= 15 is 0 Å². The van der Waals surface area contributed by atoms with Crippen LogP contribution in [-0.2, 0) is 11.8 Å². The van der Waals surface area contributed by atoms with Gasteiger partial charge in [-0.15, -0.1) is 0 Å². The lowest BCUT2D eigenvalue weighted by Crippen LogP contribution is -2.39. The highest BCUT2D eigenvalue weighted by Gasteiger charge is 2.40. The average Bonchev–Trinajstić information content (AvgIpc) is 3.12. The standard InChI is InChI=1S/C23H25N3O2/c1-4-13-24-20(27)14-26-22(16-9-5-6-10-17(16)23(26)28)21-15(2)25(3)19-12-8-7-11-18(19)21/h5-12,22H,4,13-14H2,1-3H3,(H,24,27)/t22-/m0/s1. The van der Waals surface area contributed by atoms with Crippen LogP contribution in [0.5, 0.6) is 0 Å². The summed E-state index contributed by atoms with van der Waals surface area (Å²) < 4.78 is 2.16. The lowest BCUT2D eigenvalue weighted by molar-refractivity contribution is -0.122. The van der Waals surface area contributed by atoms with Gasteiger partial charge in [-0.2, -0.15) is 0 Å². The summed E-state index contributed by atoms with van der Waals surface area (Å²) in [6.07, 6.45) is 0.867. The van der Waals surface area contributed by atoms with Crippen molar-refractivity contribution in [2.45, 2.75) is 26.3 Å². The molecule has 1 aliphatic heterocycles. The van der Waals surface area contributed by atoms with E-state index in [1.807, 2.05) is 50.4 Å². The summed E-state index contributed by atoms with van der Waals surface area (Å²) in [6, 6.07) is 15.7. The molecule has 5 heteroatoms. The van der Waals surface area contributed by atoms with Crippen molar-refractivity contribution in [3.8, 4) is 0 Å². The smallest absolute Gasteiger partial charge is 0.255 e. The number of aromatic nitrogens is 1. The quantitative estimate of drug-likeness (QED) is 0.741. The molecule has 4 rings (SSSR count). The number of rotatable bonds is 5. The summed E-state index contributed by atoms with van der Waals surface area (Å²) >= 11 is 0. The van der Waals surface area contributed by atoms with E-state index < -0.39 is 0 Å². The zero-order chi connectivity index (χ0) is 19.8. The number of amides is 2. The number of aryl methyl sites for hydroxylation is 1. The Morgan fingerprint density at radius 2 is 1.82 bits per heavy atom. The van der Waals surface area contributed by atoms with Gasteiger partial charge >= 0.3 is 0 Å². The number of hydrogen-bond acceptors (Lipinski definition) is 2. The Balaban J connectivity index is 1.86. The Labute approximate surface area is 165 Å². The maximum absolute atomic E-state index is 13.2. The van der Waals surface area contributed by atoms with Crippen molar-refractivity contribution in [3.05, 3.63) is 70.9 Å². The van der Waals surface area contributed by atoms with Gasteiger partial charge in [-0.25, -0.2) is 0 Å². The lowest BCUT2D eigenvalue weighted by Gasteiger charge is -2.26. The molecule has 5 nitrogen and oxygen atoms in total. The molecule has 0 unspecified atom stereocenters. The minimum atomic E-state index is -0.262. The van der Waals surface area contributed by atoms with Crippen LogP contribution in [0.4, 0.5) is 0 Å². The van der Waals surface area contributed by atoms with Gasteiger partial charge < -0.3 is 14.8 Å². The van der Waals surface area contributed by atoms with Crippen LogP contribution in [0.3, 0.4) is 0 Å². The molecule has 2 aromatic carbocycles. The van der Waals surface area contributed by atoms with Crippen molar-refractivity contribution < 1.29 is 9.59 Å². The van der Waals surface area contributed by atoms with Gasteiger partial charge in [-0.3, -0.25) is 9.59 Å². The molecular weight excluding hydrogens is 350 g/mol. The second-order valence-corrected chi connectivity index (χ2v) is 7.35. The molecular formula is C23H25N3O2. The van der Waals surface area contributed by atoms with E-state index in [-0.39, 0.29) is 24.4 Å². The maximum Gasteiger partial charge on any atom is 0.255 e. The zero-order valence-electron chi connectivity index (χ0n) is 16.5. The second-order valence-electron chi connectivity index (χ2n) is 7.35. The van der Waals surface area contributed by atoms with Gasteiger partial charge in [0.1, 0.15) is 6.54 Å². The molecule has 0 radical (unpaired) electrons. The van der Waals surface area contributed by atoms with Crippen molar-refractivity contribution in [3.63, 3.8) is 0 Å². The van der Waals surface area contributed by atoms with Crippen LogP contribution >= 0.6 is 0 Å². The van der Waals surface area contributed by atoms with Crippen molar-refractivity contribution in [1.82, 2.24) is 14.8 Å². The topological polar surface area (TPSA) is 54.3 Å². The highest BCUT2D eigenvalue weighted by Crippen LogP contribution is 2.43. The summed E-state index contributed by atoms with van der Waals surface area (Å²) in [5.41, 5.74) is 4.98. The highest BCUT2D eigenvalue weighted by molar-refractivity contribution is 6.02. The SMILES string of the molecule is CCCNC(=O)CN1C(=O)c2ccccc2[C@H]1c1c(C)n(C)c2ccccc12. The minimum absolute atomic E-state index is 0.0564. The van der Waals surface area contributed by atoms with Gasteiger partial charge in [0.05, 0.1) is 6.04 Å². The van der Waals surface area contributed by atoms with Gasteiger partial charge in [0.2, 0.25) is 5.91 Å². The fourth-order valence-corrected chi connectivity index (χ4v) is 4.21. The van der Waals surface area contributed by atoms with Gasteiger partial charge in [-0.1, -0.05) is 43.3 Å². The second kappa shape index (κ2) is 7.15. The fourth-order valence-electron chi connectivity index (χ4n) is 4.21. The summed E-state index contributed by atoms with van der Waals surface area (Å²) in [7, 11) is 2.04. The first kappa shape index (κ1) is 18.3. The van der Waals surface area contributed by atoms with E-state index in [1.165, 1.54) is 0 Å². The van der Waals surface area contributed by atoms with E-state index in [9.17, 15) is 9.59 Å². The van der Waals surface area contributed by atoms with E-state index in [1.54, 1.807) is 4.90 Å². The normalized spacial score (nSPS) is 15.9. The molecule has 3 aromatic rings. The van der Waals surface area contributed by atoms with Crippen LogP contribution in [0.2, 0.25) is 0 Å². The molecule has 0 spiro atoms. The van der Waals surface area contributed by atoms with Gasteiger partial charge in [0, 0.05) is 41.3 Å². The monoisotopic (exact) mass is 375 g/mol. The molecule has 1 atom stereocenters. The predicted octanol–water partition coefficient (Wildman–Crippen LogP) is 3.56. The van der Waals surface area contributed by atoms with Crippen LogP contribution in [-0.4, -0.2) is 34.4 Å². The predicted molar refractivity (Wildman–Crippen MR) is 110 cm³/mol. The van der Waals surface area contributed by atoms with Crippen molar-refractivity contribution >= 4 is 22.7 Å². The molecule has 0 aliphatic carbocycles. The van der Waals surface area contributed by atoms with Crippen LogP contribution in [0.25, 0.3) is 10.9 Å². The van der Waals surface area contributed by atoms with E-state index in [4.69, 9.17) is 0 Å². The third kappa shape index (κ3) is 2.78. The Hall–Kier alpha value is -3.08. The van der Waals surface area contributed by atoms with Gasteiger partial charge in [0.25, 0.3) is 5.91 Å². The van der Waals surface area contributed by atoms with E-state index in [0.29, 0.717) is 12.1 Å². The van der Waals surface area contributed by atoms with Crippen LogP contribution < -0.4 is 5.32 Å². The first-order chi connectivity index (χ1) is 13.5. The summed E-state index contributed by atoms with van der Waals surface area (Å²) in [5.74, 6) is -0.203. The summed E-state index contributed by atoms with van der Waals surface area (Å²) in [5, 5.41) is 4.02. The highest BCUT2D eigenvalue weighted by atomic mass is 16.2. The molecule has 144 valence electrons. The van der Waals surface area contributed by atoms with E-state index in [0.717, 1.165) is 34.1 Å². The van der Waals surface area contributed by atoms with E-state index in [2.05, 4.69) is 28.9 Å². The van der Waals surface area contributed by atoms with Crippen molar-refractivity contribution in [2.75, 3.05) is 13.1 Å². The van der Waals surface area contributed by atoms with Crippen LogP contribution in [0, 0.1) is 6.92 Å². The molecule has 1 N–H and O–H groups in total. The van der Waals surface area contributed by atoms with Crippen LogP contribution in [0.15, 0.2) is 48.5 Å². The van der Waals surface area contributed by atoms with Gasteiger partial charge in [-0.05, 0) is 31.0 Å². The molecule has 1 aromatic heterocycles. The van der Waals surface area contributed by atoms with Crippen molar-refractivity contribution in [1.29, 1.82) is 0 Å². The number of nitrogens with one attached hydrogen (secondary N) is 1. The minimum Gasteiger partial charge on any atom is -0.355 e. The first-order valence-electron chi connectivity index (χ1n) is 9.75. The first-order valence-corrected chi connectivity index (χ1v) is 9.75. The Morgan fingerprint density at radius 1 is 1.11 bits per heavy atom. The van der Waals surface area contributed by atoms with Gasteiger partial charge in [0.15, 0.2) is 0 Å². The Morgan fingerprint density at radius 3 is 2.61 bits per heavy atom. The number of benzene rings is 2. The summed E-state index contributed by atoms with van der Waals surface area (Å²) in [4.78, 5) is 27.4. The molecule has 0 saturated heterocycles. The number of carbonyl (C=O) groups excluding carboxylic acids is 2. The summed E-state index contributed by atoms with van der Waals surface area (Å²) in [6.45, 7) is 4.77. The number of hydrogen-bond donors (Lipinski definition) is 1.